The molecule has 1 aliphatic rings. The SMILES string of the molecule is C=CCn1c(SCC(=O)N(CCC(N)=O)c2ccccc2)nnc1C1CCCCC1. The van der Waals surface area contributed by atoms with Gasteiger partial charge in [0.15, 0.2) is 5.16 Å². The Labute approximate surface area is 181 Å². The van der Waals surface area contributed by atoms with E-state index >= 15 is 0 Å². The van der Waals surface area contributed by atoms with Gasteiger partial charge in [-0.25, -0.2) is 0 Å². The van der Waals surface area contributed by atoms with Crippen LogP contribution < -0.4 is 10.6 Å². The van der Waals surface area contributed by atoms with Crippen LogP contribution in [0.25, 0.3) is 0 Å². The minimum Gasteiger partial charge on any atom is -0.370 e. The number of thioether (sulfide) groups is 1. The first kappa shape index (κ1) is 22.1. The van der Waals surface area contributed by atoms with Gasteiger partial charge < -0.3 is 15.2 Å². The number of allylic oxidation sites excluding steroid dienone is 1. The lowest BCUT2D eigenvalue weighted by Crippen LogP contribution is -2.35. The van der Waals surface area contributed by atoms with Crippen molar-refractivity contribution in [3.63, 3.8) is 0 Å². The molecule has 0 atom stereocenters. The van der Waals surface area contributed by atoms with E-state index in [4.69, 9.17) is 5.73 Å². The Morgan fingerprint density at radius 1 is 1.20 bits per heavy atom. The standard InChI is InChI=1S/C22H29N5O2S/c1-2-14-27-21(17-9-5-3-6-10-17)24-25-22(27)30-16-20(29)26(15-13-19(23)28)18-11-7-4-8-12-18/h2,4,7-8,11-12,17H,1,3,5-6,9-10,13-16H2,(H2,23,28). The van der Waals surface area contributed by atoms with Crippen molar-refractivity contribution in [3.8, 4) is 0 Å². The van der Waals surface area contributed by atoms with Crippen molar-refractivity contribution in [2.45, 2.75) is 56.1 Å². The van der Waals surface area contributed by atoms with Crippen molar-refractivity contribution in [3.05, 3.63) is 48.8 Å². The largest absolute Gasteiger partial charge is 0.370 e. The zero-order chi connectivity index (χ0) is 21.3. The Bertz CT molecular complexity index is 862. The molecule has 0 saturated heterocycles. The second-order valence-corrected chi connectivity index (χ2v) is 8.40. The van der Waals surface area contributed by atoms with Gasteiger partial charge in [0, 0.05) is 31.1 Å². The van der Waals surface area contributed by atoms with Gasteiger partial charge in [0.25, 0.3) is 0 Å². The lowest BCUT2D eigenvalue weighted by molar-refractivity contribution is -0.118. The second kappa shape index (κ2) is 11.0. The first-order chi connectivity index (χ1) is 14.6. The monoisotopic (exact) mass is 427 g/mol. The summed E-state index contributed by atoms with van der Waals surface area (Å²) in [7, 11) is 0. The van der Waals surface area contributed by atoms with Crippen LogP contribution in [0.1, 0.15) is 50.3 Å². The number of anilines is 1. The van der Waals surface area contributed by atoms with Crippen molar-refractivity contribution in [2.24, 2.45) is 5.73 Å². The first-order valence-electron chi connectivity index (χ1n) is 10.4. The van der Waals surface area contributed by atoms with Gasteiger partial charge in [-0.3, -0.25) is 9.59 Å². The fourth-order valence-electron chi connectivity index (χ4n) is 3.80. The number of rotatable bonds is 10. The number of nitrogens with two attached hydrogens (primary N) is 1. The zero-order valence-electron chi connectivity index (χ0n) is 17.2. The van der Waals surface area contributed by atoms with Gasteiger partial charge in [0.05, 0.1) is 5.75 Å². The fourth-order valence-corrected chi connectivity index (χ4v) is 4.63. The van der Waals surface area contributed by atoms with Crippen LogP contribution in [0.4, 0.5) is 5.69 Å². The number of primary amides is 1. The van der Waals surface area contributed by atoms with E-state index in [0.29, 0.717) is 12.5 Å². The van der Waals surface area contributed by atoms with E-state index in [1.165, 1.54) is 31.0 Å². The number of para-hydroxylation sites is 1. The lowest BCUT2D eigenvalue weighted by atomic mass is 9.89. The number of hydrogen-bond donors (Lipinski definition) is 1. The van der Waals surface area contributed by atoms with Gasteiger partial charge in [-0.2, -0.15) is 0 Å². The fraction of sp³-hybridized carbons (Fsp3) is 0.455. The van der Waals surface area contributed by atoms with Crippen LogP contribution in [-0.4, -0.2) is 38.9 Å². The Morgan fingerprint density at radius 3 is 2.60 bits per heavy atom. The van der Waals surface area contributed by atoms with Gasteiger partial charge in [-0.05, 0) is 25.0 Å². The summed E-state index contributed by atoms with van der Waals surface area (Å²) in [5.41, 5.74) is 6.05. The average Bonchev–Trinajstić information content (AvgIpc) is 3.16. The predicted octanol–water partition coefficient (Wildman–Crippen LogP) is 3.51. The second-order valence-electron chi connectivity index (χ2n) is 7.46. The van der Waals surface area contributed by atoms with Crippen molar-refractivity contribution >= 4 is 29.3 Å². The number of carbonyl (C=O) groups excluding carboxylic acids is 2. The molecular formula is C22H29N5O2S. The van der Waals surface area contributed by atoms with E-state index in [0.717, 1.165) is 29.5 Å². The van der Waals surface area contributed by atoms with Crippen molar-refractivity contribution in [1.82, 2.24) is 14.8 Å². The van der Waals surface area contributed by atoms with Gasteiger partial charge in [0.1, 0.15) is 5.82 Å². The van der Waals surface area contributed by atoms with E-state index in [2.05, 4.69) is 21.3 Å². The summed E-state index contributed by atoms with van der Waals surface area (Å²) in [6.07, 6.45) is 7.94. The summed E-state index contributed by atoms with van der Waals surface area (Å²) < 4.78 is 2.08. The molecule has 2 aromatic rings. The van der Waals surface area contributed by atoms with E-state index in [1.54, 1.807) is 4.90 Å². The number of aromatic nitrogens is 3. The number of benzene rings is 1. The third-order valence-electron chi connectivity index (χ3n) is 5.30. The molecule has 0 radical (unpaired) electrons. The zero-order valence-corrected chi connectivity index (χ0v) is 18.0. The third-order valence-corrected chi connectivity index (χ3v) is 6.25. The smallest absolute Gasteiger partial charge is 0.237 e. The van der Waals surface area contributed by atoms with E-state index in [1.807, 2.05) is 36.4 Å². The molecular weight excluding hydrogens is 398 g/mol. The Morgan fingerprint density at radius 2 is 1.93 bits per heavy atom. The lowest BCUT2D eigenvalue weighted by Gasteiger charge is -2.23. The molecule has 0 unspecified atom stereocenters. The molecule has 0 aliphatic heterocycles. The molecule has 1 aromatic carbocycles. The van der Waals surface area contributed by atoms with Crippen molar-refractivity contribution < 1.29 is 9.59 Å². The van der Waals surface area contributed by atoms with Crippen LogP contribution in [0.5, 0.6) is 0 Å². The molecule has 8 heteroatoms. The molecule has 7 nitrogen and oxygen atoms in total. The molecule has 1 saturated carbocycles. The summed E-state index contributed by atoms with van der Waals surface area (Å²) in [6.45, 7) is 4.74. The maximum Gasteiger partial charge on any atom is 0.237 e. The molecule has 2 N–H and O–H groups in total. The van der Waals surface area contributed by atoms with Crippen LogP contribution in [0.2, 0.25) is 0 Å². The third kappa shape index (κ3) is 5.72. The summed E-state index contributed by atoms with van der Waals surface area (Å²) in [6, 6.07) is 9.32. The van der Waals surface area contributed by atoms with Crippen molar-refractivity contribution in [2.75, 3.05) is 17.2 Å². The quantitative estimate of drug-likeness (QED) is 0.462. The molecule has 3 rings (SSSR count). The molecule has 160 valence electrons. The number of hydrogen-bond acceptors (Lipinski definition) is 5. The molecule has 0 spiro atoms. The number of carbonyl (C=O) groups is 2. The van der Waals surface area contributed by atoms with Gasteiger partial charge >= 0.3 is 0 Å². The van der Waals surface area contributed by atoms with Crippen LogP contribution >= 0.6 is 11.8 Å². The van der Waals surface area contributed by atoms with Crippen molar-refractivity contribution in [1.29, 1.82) is 0 Å². The van der Waals surface area contributed by atoms with E-state index in [-0.39, 0.29) is 24.6 Å². The van der Waals surface area contributed by atoms with Gasteiger partial charge in [-0.1, -0.05) is 55.3 Å². The number of nitrogens with zero attached hydrogens (tertiary/aromatic N) is 4. The highest BCUT2D eigenvalue weighted by atomic mass is 32.2. The minimum atomic E-state index is -0.431. The van der Waals surface area contributed by atoms with Gasteiger partial charge in [0.2, 0.25) is 11.8 Å². The summed E-state index contributed by atoms with van der Waals surface area (Å²) in [5, 5.41) is 9.56. The highest BCUT2D eigenvalue weighted by Crippen LogP contribution is 2.33. The molecule has 1 aliphatic carbocycles. The maximum atomic E-state index is 13.0. The topological polar surface area (TPSA) is 94.1 Å². The highest BCUT2D eigenvalue weighted by Gasteiger charge is 2.24. The first-order valence-corrected chi connectivity index (χ1v) is 11.4. The summed E-state index contributed by atoms with van der Waals surface area (Å²) in [5.74, 6) is 1.10. The minimum absolute atomic E-state index is 0.0974. The molecule has 1 heterocycles. The normalized spacial score (nSPS) is 14.4. The van der Waals surface area contributed by atoms with Crippen LogP contribution in [0.15, 0.2) is 48.1 Å². The Balaban J connectivity index is 1.72. The summed E-state index contributed by atoms with van der Waals surface area (Å²) in [4.78, 5) is 25.8. The predicted molar refractivity (Wildman–Crippen MR) is 119 cm³/mol. The van der Waals surface area contributed by atoms with Gasteiger partial charge in [-0.15, -0.1) is 16.8 Å². The van der Waals surface area contributed by atoms with E-state index in [9.17, 15) is 9.59 Å². The summed E-state index contributed by atoms with van der Waals surface area (Å²) >= 11 is 1.37. The maximum absolute atomic E-state index is 13.0. The number of amides is 2. The molecule has 1 aromatic heterocycles. The van der Waals surface area contributed by atoms with Crippen LogP contribution in [-0.2, 0) is 16.1 Å². The highest BCUT2D eigenvalue weighted by molar-refractivity contribution is 7.99. The Kier molecular flexibility index (Phi) is 8.07. The molecule has 2 amide bonds. The molecule has 30 heavy (non-hydrogen) atoms. The Hall–Kier alpha value is -2.61. The molecule has 0 bridgehead atoms. The molecule has 1 fully saturated rings. The average molecular weight is 428 g/mol. The van der Waals surface area contributed by atoms with Crippen LogP contribution in [0, 0.1) is 0 Å². The van der Waals surface area contributed by atoms with Crippen LogP contribution in [0.3, 0.4) is 0 Å². The van der Waals surface area contributed by atoms with E-state index < -0.39 is 5.91 Å².